The molecule has 16 heavy (non-hydrogen) atoms. The van der Waals surface area contributed by atoms with Gasteiger partial charge in [-0.25, -0.2) is 9.18 Å². The van der Waals surface area contributed by atoms with E-state index >= 15 is 0 Å². The van der Waals surface area contributed by atoms with Gasteiger partial charge in [-0.1, -0.05) is 23.2 Å². The molecule has 0 aliphatic rings. The lowest BCUT2D eigenvalue weighted by molar-refractivity contribution is -0.137. The zero-order chi connectivity index (χ0) is 12.1. The smallest absolute Gasteiger partial charge is 0.330 e. The van der Waals surface area contributed by atoms with Crippen LogP contribution in [0.15, 0.2) is 18.2 Å². The van der Waals surface area contributed by atoms with Gasteiger partial charge in [0.25, 0.3) is 0 Å². The summed E-state index contributed by atoms with van der Waals surface area (Å²) in [5.74, 6) is -1.09. The number of ether oxygens (including phenoxy) is 1. The minimum Gasteiger partial charge on any atom is -0.463 e. The Balaban J connectivity index is 2.89. The molecule has 0 bridgehead atoms. The van der Waals surface area contributed by atoms with Crippen LogP contribution in [0.25, 0.3) is 6.08 Å². The predicted molar refractivity (Wildman–Crippen MR) is 62.1 cm³/mol. The second-order valence-corrected chi connectivity index (χ2v) is 3.69. The van der Waals surface area contributed by atoms with Crippen molar-refractivity contribution in [2.45, 2.75) is 6.92 Å². The number of carbonyl (C=O) groups excluding carboxylic acids is 1. The van der Waals surface area contributed by atoms with Gasteiger partial charge in [-0.15, -0.1) is 0 Å². The third-order valence-corrected chi connectivity index (χ3v) is 2.34. The van der Waals surface area contributed by atoms with Gasteiger partial charge in [-0.05, 0) is 30.7 Å². The van der Waals surface area contributed by atoms with Crippen LogP contribution in [-0.2, 0) is 9.53 Å². The van der Waals surface area contributed by atoms with Crippen molar-refractivity contribution < 1.29 is 13.9 Å². The fourth-order valence-corrected chi connectivity index (χ4v) is 1.46. The highest BCUT2D eigenvalue weighted by Crippen LogP contribution is 2.25. The highest BCUT2D eigenvalue weighted by atomic mass is 35.5. The van der Waals surface area contributed by atoms with E-state index in [-0.39, 0.29) is 16.7 Å². The molecule has 1 aromatic rings. The average molecular weight is 263 g/mol. The molecule has 0 aromatic heterocycles. The summed E-state index contributed by atoms with van der Waals surface area (Å²) in [4.78, 5) is 11.0. The van der Waals surface area contributed by atoms with Crippen molar-refractivity contribution in [2.75, 3.05) is 6.61 Å². The minimum atomic E-state index is -0.588. The molecule has 0 saturated carbocycles. The summed E-state index contributed by atoms with van der Waals surface area (Å²) in [5, 5.41) is 0.213. The van der Waals surface area contributed by atoms with E-state index in [1.165, 1.54) is 18.2 Å². The van der Waals surface area contributed by atoms with Crippen LogP contribution in [0.3, 0.4) is 0 Å². The van der Waals surface area contributed by atoms with E-state index in [1.807, 2.05) is 0 Å². The van der Waals surface area contributed by atoms with Crippen LogP contribution in [0, 0.1) is 5.82 Å². The normalized spacial score (nSPS) is 10.8. The Morgan fingerprint density at radius 2 is 2.12 bits per heavy atom. The van der Waals surface area contributed by atoms with Crippen molar-refractivity contribution in [3.63, 3.8) is 0 Å². The SMILES string of the molecule is CCOC(=O)/C=C/c1cc(F)c(Cl)cc1Cl. The monoisotopic (exact) mass is 262 g/mol. The van der Waals surface area contributed by atoms with E-state index < -0.39 is 11.8 Å². The van der Waals surface area contributed by atoms with Crippen molar-refractivity contribution in [1.29, 1.82) is 0 Å². The second-order valence-electron chi connectivity index (χ2n) is 2.87. The van der Waals surface area contributed by atoms with Crippen molar-refractivity contribution in [3.8, 4) is 0 Å². The van der Waals surface area contributed by atoms with E-state index in [0.29, 0.717) is 5.56 Å². The Hall–Kier alpha value is -1.06. The molecule has 0 N–H and O–H groups in total. The zero-order valence-electron chi connectivity index (χ0n) is 8.47. The first-order valence-corrected chi connectivity index (χ1v) is 5.29. The van der Waals surface area contributed by atoms with Crippen molar-refractivity contribution in [1.82, 2.24) is 0 Å². The van der Waals surface area contributed by atoms with Crippen LogP contribution in [0.2, 0.25) is 10.0 Å². The molecule has 1 rings (SSSR count). The molecular formula is C11H9Cl2FO2. The van der Waals surface area contributed by atoms with Gasteiger partial charge < -0.3 is 4.74 Å². The summed E-state index contributed by atoms with van der Waals surface area (Å²) in [7, 11) is 0. The first-order valence-electron chi connectivity index (χ1n) is 4.54. The summed E-state index contributed by atoms with van der Waals surface area (Å²) >= 11 is 11.3. The number of benzene rings is 1. The molecule has 0 fully saturated rings. The summed E-state index contributed by atoms with van der Waals surface area (Å²) < 4.78 is 17.8. The summed E-state index contributed by atoms with van der Waals surface area (Å²) in [5.41, 5.74) is 0.372. The van der Waals surface area contributed by atoms with E-state index in [2.05, 4.69) is 4.74 Å². The van der Waals surface area contributed by atoms with Gasteiger partial charge in [0.15, 0.2) is 0 Å². The molecule has 2 nitrogen and oxygen atoms in total. The van der Waals surface area contributed by atoms with Crippen molar-refractivity contribution >= 4 is 35.2 Å². The van der Waals surface area contributed by atoms with Crippen molar-refractivity contribution in [3.05, 3.63) is 39.6 Å². The number of hydrogen-bond acceptors (Lipinski definition) is 2. The lowest BCUT2D eigenvalue weighted by Crippen LogP contribution is -1.98. The van der Waals surface area contributed by atoms with Crippen LogP contribution in [0.5, 0.6) is 0 Å². The third-order valence-electron chi connectivity index (χ3n) is 1.73. The molecule has 0 heterocycles. The van der Waals surface area contributed by atoms with Crippen LogP contribution in [0.1, 0.15) is 12.5 Å². The molecule has 0 aliphatic heterocycles. The molecule has 5 heteroatoms. The zero-order valence-corrected chi connectivity index (χ0v) is 9.98. The molecule has 0 aliphatic carbocycles. The second kappa shape index (κ2) is 5.87. The highest BCUT2D eigenvalue weighted by molar-refractivity contribution is 6.35. The number of rotatable bonds is 3. The lowest BCUT2D eigenvalue weighted by atomic mass is 10.2. The molecule has 0 spiro atoms. The molecular weight excluding hydrogens is 254 g/mol. The Labute approximate surface area is 103 Å². The third kappa shape index (κ3) is 3.51. The molecule has 0 amide bonds. The van der Waals surface area contributed by atoms with Gasteiger partial charge >= 0.3 is 5.97 Å². The number of carbonyl (C=O) groups is 1. The maximum atomic E-state index is 13.1. The van der Waals surface area contributed by atoms with Gasteiger partial charge in [-0.2, -0.15) is 0 Å². The molecule has 86 valence electrons. The van der Waals surface area contributed by atoms with Crippen LogP contribution in [0.4, 0.5) is 4.39 Å². The van der Waals surface area contributed by atoms with Gasteiger partial charge in [0.1, 0.15) is 5.82 Å². The maximum Gasteiger partial charge on any atom is 0.330 e. The quantitative estimate of drug-likeness (QED) is 0.472. The fourth-order valence-electron chi connectivity index (χ4n) is 1.01. The van der Waals surface area contributed by atoms with E-state index in [0.717, 1.165) is 6.07 Å². The van der Waals surface area contributed by atoms with Crippen LogP contribution < -0.4 is 0 Å². The Bertz CT molecular complexity index is 430. The molecule has 0 unspecified atom stereocenters. The first-order chi connectivity index (χ1) is 7.54. The average Bonchev–Trinajstić information content (AvgIpc) is 2.22. The maximum absolute atomic E-state index is 13.1. The van der Waals surface area contributed by atoms with Gasteiger partial charge in [-0.3, -0.25) is 0 Å². The number of esters is 1. The first kappa shape index (κ1) is 13.0. The van der Waals surface area contributed by atoms with E-state index in [1.54, 1.807) is 6.92 Å². The van der Waals surface area contributed by atoms with Crippen LogP contribution >= 0.6 is 23.2 Å². The Kier molecular flexibility index (Phi) is 4.77. The standard InChI is InChI=1S/C11H9Cl2FO2/c1-2-16-11(15)4-3-7-5-10(14)9(13)6-8(7)12/h3-6H,2H2,1H3/b4-3+. The Morgan fingerprint density at radius 3 is 2.75 bits per heavy atom. The van der Waals surface area contributed by atoms with Gasteiger partial charge in [0.05, 0.1) is 11.6 Å². The lowest BCUT2D eigenvalue weighted by Gasteiger charge is -2.00. The number of halogens is 3. The molecule has 0 radical (unpaired) electrons. The largest absolute Gasteiger partial charge is 0.463 e. The van der Waals surface area contributed by atoms with E-state index in [9.17, 15) is 9.18 Å². The molecule has 1 aromatic carbocycles. The summed E-state index contributed by atoms with van der Waals surface area (Å²) in [6, 6.07) is 2.43. The van der Waals surface area contributed by atoms with Gasteiger partial charge in [0.2, 0.25) is 0 Å². The number of hydrogen-bond donors (Lipinski definition) is 0. The predicted octanol–water partition coefficient (Wildman–Crippen LogP) is 3.71. The summed E-state index contributed by atoms with van der Waals surface area (Å²) in [6.45, 7) is 1.98. The summed E-state index contributed by atoms with van der Waals surface area (Å²) in [6.07, 6.45) is 2.55. The highest BCUT2D eigenvalue weighted by Gasteiger charge is 2.05. The molecule has 0 saturated heterocycles. The van der Waals surface area contributed by atoms with Gasteiger partial charge in [0, 0.05) is 11.1 Å². The van der Waals surface area contributed by atoms with E-state index in [4.69, 9.17) is 23.2 Å². The van der Waals surface area contributed by atoms with Crippen LogP contribution in [-0.4, -0.2) is 12.6 Å². The fraction of sp³-hybridized carbons (Fsp3) is 0.182. The van der Waals surface area contributed by atoms with Crippen molar-refractivity contribution in [2.24, 2.45) is 0 Å². The minimum absolute atomic E-state index is 0.0571. The topological polar surface area (TPSA) is 26.3 Å². The Morgan fingerprint density at radius 1 is 1.44 bits per heavy atom. The molecule has 0 atom stereocenters.